The fraction of sp³-hybridized carbons (Fsp3) is 0.300. The van der Waals surface area contributed by atoms with E-state index in [4.69, 9.17) is 0 Å². The van der Waals surface area contributed by atoms with Crippen molar-refractivity contribution in [3.63, 3.8) is 0 Å². The highest BCUT2D eigenvalue weighted by atomic mass is 79.9. The van der Waals surface area contributed by atoms with Gasteiger partial charge in [-0.15, -0.1) is 0 Å². The highest BCUT2D eigenvalue weighted by Gasteiger charge is 2.30. The lowest BCUT2D eigenvalue weighted by Gasteiger charge is -2.31. The SMILES string of the molecule is CNC(=O)[C@@H](C)N(Cc1ccccc1F)C(=O)CN(c1ccccc1Br)S(C)(=O)=O. The number of hydrogen-bond acceptors (Lipinski definition) is 4. The van der Waals surface area contributed by atoms with Crippen LogP contribution in [0.4, 0.5) is 10.1 Å². The van der Waals surface area contributed by atoms with Gasteiger partial charge in [0.15, 0.2) is 0 Å². The molecule has 0 aliphatic carbocycles. The van der Waals surface area contributed by atoms with E-state index < -0.39 is 40.2 Å². The fourth-order valence-corrected chi connectivity index (χ4v) is 4.33. The number of halogens is 2. The van der Waals surface area contributed by atoms with Crippen molar-refractivity contribution in [1.82, 2.24) is 10.2 Å². The number of likely N-dealkylation sites (N-methyl/N-ethyl adjacent to an activating group) is 1. The quantitative estimate of drug-likeness (QED) is 0.604. The van der Waals surface area contributed by atoms with Crippen molar-refractivity contribution in [2.45, 2.75) is 19.5 Å². The van der Waals surface area contributed by atoms with Crippen LogP contribution in [-0.2, 0) is 26.2 Å². The van der Waals surface area contributed by atoms with Crippen LogP contribution in [0.3, 0.4) is 0 Å². The minimum atomic E-state index is -3.82. The number of nitrogens with one attached hydrogen (secondary N) is 1. The van der Waals surface area contributed by atoms with Gasteiger partial charge in [-0.1, -0.05) is 30.3 Å². The van der Waals surface area contributed by atoms with E-state index in [1.807, 2.05) is 0 Å². The Hall–Kier alpha value is -2.46. The Morgan fingerprint density at radius 1 is 1.13 bits per heavy atom. The molecule has 2 amide bonds. The van der Waals surface area contributed by atoms with Crippen molar-refractivity contribution in [2.75, 3.05) is 24.2 Å². The number of carbonyl (C=O) groups excluding carboxylic acids is 2. The summed E-state index contributed by atoms with van der Waals surface area (Å²) in [6, 6.07) is 11.5. The molecule has 0 heterocycles. The number of hydrogen-bond donors (Lipinski definition) is 1. The Kier molecular flexibility index (Phi) is 7.96. The summed E-state index contributed by atoms with van der Waals surface area (Å²) < 4.78 is 40.4. The van der Waals surface area contributed by atoms with E-state index in [0.717, 1.165) is 15.5 Å². The first-order valence-corrected chi connectivity index (χ1v) is 11.7. The van der Waals surface area contributed by atoms with Crippen LogP contribution in [0, 0.1) is 5.82 Å². The topological polar surface area (TPSA) is 86.8 Å². The Morgan fingerprint density at radius 2 is 1.73 bits per heavy atom. The largest absolute Gasteiger partial charge is 0.357 e. The molecule has 0 saturated carbocycles. The molecule has 0 radical (unpaired) electrons. The Morgan fingerprint density at radius 3 is 2.30 bits per heavy atom. The third-order valence-electron chi connectivity index (χ3n) is 4.51. The molecule has 0 spiro atoms. The third kappa shape index (κ3) is 5.79. The van der Waals surface area contributed by atoms with Gasteiger partial charge in [-0.3, -0.25) is 13.9 Å². The molecule has 0 unspecified atom stereocenters. The summed E-state index contributed by atoms with van der Waals surface area (Å²) >= 11 is 3.30. The summed E-state index contributed by atoms with van der Waals surface area (Å²) in [5, 5.41) is 2.46. The first-order valence-electron chi connectivity index (χ1n) is 9.03. The van der Waals surface area contributed by atoms with Crippen LogP contribution in [-0.4, -0.2) is 51.0 Å². The Balaban J connectivity index is 2.41. The van der Waals surface area contributed by atoms with Crippen LogP contribution in [0.25, 0.3) is 0 Å². The molecule has 1 N–H and O–H groups in total. The summed E-state index contributed by atoms with van der Waals surface area (Å²) in [6.45, 7) is 0.770. The average Bonchev–Trinajstić information content (AvgIpc) is 2.70. The number of amides is 2. The minimum Gasteiger partial charge on any atom is -0.357 e. The Bertz CT molecular complexity index is 1030. The van der Waals surface area contributed by atoms with Gasteiger partial charge in [0.25, 0.3) is 0 Å². The second kappa shape index (κ2) is 10.0. The number of nitrogens with zero attached hydrogens (tertiary/aromatic N) is 2. The zero-order valence-electron chi connectivity index (χ0n) is 16.8. The zero-order valence-corrected chi connectivity index (χ0v) is 19.2. The van der Waals surface area contributed by atoms with Gasteiger partial charge in [0.1, 0.15) is 18.4 Å². The van der Waals surface area contributed by atoms with Crippen LogP contribution in [0.2, 0.25) is 0 Å². The summed E-state index contributed by atoms with van der Waals surface area (Å²) in [7, 11) is -2.40. The monoisotopic (exact) mass is 499 g/mol. The first kappa shape index (κ1) is 23.8. The van der Waals surface area contributed by atoms with Crippen molar-refractivity contribution >= 4 is 43.5 Å². The smallest absolute Gasteiger partial charge is 0.244 e. The summed E-state index contributed by atoms with van der Waals surface area (Å²) in [4.78, 5) is 26.5. The van der Waals surface area contributed by atoms with Gasteiger partial charge in [-0.05, 0) is 41.1 Å². The van der Waals surface area contributed by atoms with Gasteiger partial charge in [-0.2, -0.15) is 0 Å². The van der Waals surface area contributed by atoms with E-state index in [0.29, 0.717) is 4.47 Å². The van der Waals surface area contributed by atoms with Gasteiger partial charge < -0.3 is 10.2 Å². The highest BCUT2D eigenvalue weighted by molar-refractivity contribution is 9.10. The summed E-state index contributed by atoms with van der Waals surface area (Å²) in [5.74, 6) is -1.62. The normalized spacial score (nSPS) is 12.2. The average molecular weight is 500 g/mol. The van der Waals surface area contributed by atoms with Crippen LogP contribution < -0.4 is 9.62 Å². The number of rotatable bonds is 8. The van der Waals surface area contributed by atoms with Gasteiger partial charge in [-0.25, -0.2) is 12.8 Å². The molecule has 1 atom stereocenters. The molecular weight excluding hydrogens is 477 g/mol. The molecule has 0 saturated heterocycles. The van der Waals surface area contributed by atoms with E-state index in [1.165, 1.54) is 32.2 Å². The molecule has 0 bridgehead atoms. The molecular formula is C20H23BrFN3O4S. The van der Waals surface area contributed by atoms with E-state index >= 15 is 0 Å². The van der Waals surface area contributed by atoms with Crippen LogP contribution >= 0.6 is 15.9 Å². The molecule has 2 aromatic rings. The predicted octanol–water partition coefficient (Wildman–Crippen LogP) is 2.52. The number of anilines is 1. The molecule has 162 valence electrons. The van der Waals surface area contributed by atoms with Crippen LogP contribution in [0.15, 0.2) is 53.0 Å². The van der Waals surface area contributed by atoms with Crippen LogP contribution in [0.1, 0.15) is 12.5 Å². The number of carbonyl (C=O) groups is 2. The van der Waals surface area contributed by atoms with Gasteiger partial charge in [0.2, 0.25) is 21.8 Å². The summed E-state index contributed by atoms with van der Waals surface area (Å²) in [5.41, 5.74) is 0.500. The van der Waals surface area contributed by atoms with Crippen molar-refractivity contribution in [1.29, 1.82) is 0 Å². The second-order valence-corrected chi connectivity index (χ2v) is 9.39. The molecule has 0 fully saturated rings. The van der Waals surface area contributed by atoms with Crippen molar-refractivity contribution in [3.8, 4) is 0 Å². The lowest BCUT2D eigenvalue weighted by atomic mass is 10.1. The molecule has 30 heavy (non-hydrogen) atoms. The molecule has 7 nitrogen and oxygen atoms in total. The van der Waals surface area contributed by atoms with E-state index in [2.05, 4.69) is 21.2 Å². The lowest BCUT2D eigenvalue weighted by Crippen LogP contribution is -2.50. The maximum Gasteiger partial charge on any atom is 0.244 e. The Labute approximate surface area is 184 Å². The molecule has 0 aliphatic heterocycles. The summed E-state index contributed by atoms with van der Waals surface area (Å²) in [6.07, 6.45) is 0.989. The van der Waals surface area contributed by atoms with Gasteiger partial charge in [0.05, 0.1) is 11.9 Å². The van der Waals surface area contributed by atoms with Gasteiger partial charge in [0, 0.05) is 23.6 Å². The van der Waals surface area contributed by atoms with Gasteiger partial charge >= 0.3 is 0 Å². The molecule has 2 rings (SSSR count). The fourth-order valence-electron chi connectivity index (χ4n) is 2.85. The first-order chi connectivity index (χ1) is 14.1. The van der Waals surface area contributed by atoms with Crippen molar-refractivity contribution in [3.05, 3.63) is 64.4 Å². The second-order valence-electron chi connectivity index (χ2n) is 6.62. The van der Waals surface area contributed by atoms with Crippen molar-refractivity contribution < 1.29 is 22.4 Å². The van der Waals surface area contributed by atoms with E-state index in [-0.39, 0.29) is 17.8 Å². The molecule has 0 aliphatic rings. The maximum atomic E-state index is 14.2. The number of para-hydroxylation sites is 1. The standard InChI is InChI=1S/C20H23BrFN3O4S/c1-14(20(27)23-2)24(12-15-8-4-6-10-17(15)22)19(26)13-25(30(3,28)29)18-11-7-5-9-16(18)21/h4-11,14H,12-13H2,1-3H3,(H,23,27)/t14-/m1/s1. The van der Waals surface area contributed by atoms with E-state index in [1.54, 1.807) is 30.3 Å². The maximum absolute atomic E-state index is 14.2. The number of sulfonamides is 1. The molecule has 0 aromatic heterocycles. The number of benzene rings is 2. The lowest BCUT2D eigenvalue weighted by molar-refractivity contribution is -0.139. The molecule has 10 heteroatoms. The zero-order chi connectivity index (χ0) is 22.5. The van der Waals surface area contributed by atoms with Crippen LogP contribution in [0.5, 0.6) is 0 Å². The highest BCUT2D eigenvalue weighted by Crippen LogP contribution is 2.28. The van der Waals surface area contributed by atoms with Crippen molar-refractivity contribution in [2.24, 2.45) is 0 Å². The molecule has 2 aromatic carbocycles. The predicted molar refractivity (Wildman–Crippen MR) is 117 cm³/mol. The third-order valence-corrected chi connectivity index (χ3v) is 6.31. The minimum absolute atomic E-state index is 0.187. The van der Waals surface area contributed by atoms with E-state index in [9.17, 15) is 22.4 Å².